The van der Waals surface area contributed by atoms with Crippen molar-refractivity contribution in [2.45, 2.75) is 6.54 Å². The molecule has 0 aliphatic carbocycles. The minimum atomic E-state index is -1.04. The first-order valence-electron chi connectivity index (χ1n) is 5.32. The summed E-state index contributed by atoms with van der Waals surface area (Å²) in [5, 5.41) is 12.0. The average molecular weight is 246 g/mol. The van der Waals surface area contributed by atoms with E-state index in [9.17, 15) is 9.18 Å². The Kier molecular flexibility index (Phi) is 3.52. The van der Waals surface area contributed by atoms with Gasteiger partial charge in [-0.3, -0.25) is 4.98 Å². The first-order valence-corrected chi connectivity index (χ1v) is 5.32. The molecule has 2 N–H and O–H groups in total. The van der Waals surface area contributed by atoms with Gasteiger partial charge in [0.25, 0.3) is 0 Å². The Balaban J connectivity index is 2.10. The fourth-order valence-corrected chi connectivity index (χ4v) is 1.52. The number of carboxylic acids is 1. The molecule has 1 aromatic heterocycles. The van der Waals surface area contributed by atoms with Gasteiger partial charge in [0.15, 0.2) is 0 Å². The van der Waals surface area contributed by atoms with Crippen LogP contribution in [0.2, 0.25) is 0 Å². The topological polar surface area (TPSA) is 62.2 Å². The van der Waals surface area contributed by atoms with Crippen molar-refractivity contribution in [2.75, 3.05) is 5.32 Å². The fraction of sp³-hybridized carbons (Fsp3) is 0.0769. The van der Waals surface area contributed by atoms with Gasteiger partial charge in [-0.25, -0.2) is 9.18 Å². The highest BCUT2D eigenvalue weighted by Crippen LogP contribution is 2.14. The van der Waals surface area contributed by atoms with Crippen LogP contribution in [-0.4, -0.2) is 16.1 Å². The number of halogens is 1. The summed E-state index contributed by atoms with van der Waals surface area (Å²) >= 11 is 0. The van der Waals surface area contributed by atoms with Gasteiger partial charge >= 0.3 is 5.97 Å². The number of aromatic nitrogens is 1. The molecule has 0 radical (unpaired) electrons. The Morgan fingerprint density at radius 2 is 2.00 bits per heavy atom. The highest BCUT2D eigenvalue weighted by atomic mass is 19.1. The Bertz CT molecular complexity index is 555. The molecule has 0 atom stereocenters. The van der Waals surface area contributed by atoms with Crippen LogP contribution in [0.15, 0.2) is 42.7 Å². The van der Waals surface area contributed by atoms with E-state index >= 15 is 0 Å². The van der Waals surface area contributed by atoms with E-state index < -0.39 is 5.97 Å². The summed E-state index contributed by atoms with van der Waals surface area (Å²) < 4.78 is 12.7. The summed E-state index contributed by atoms with van der Waals surface area (Å²) in [5.41, 5.74) is 1.46. The number of benzene rings is 1. The van der Waals surface area contributed by atoms with E-state index in [4.69, 9.17) is 5.11 Å². The lowest BCUT2D eigenvalue weighted by Crippen LogP contribution is -2.06. The first kappa shape index (κ1) is 12.0. The normalized spacial score (nSPS) is 10.1. The highest BCUT2D eigenvalue weighted by molar-refractivity contribution is 5.93. The SMILES string of the molecule is O=C(O)c1cnccc1NCc1ccc(F)cc1. The number of carboxylic acid groups (broad SMARTS) is 1. The lowest BCUT2D eigenvalue weighted by molar-refractivity contribution is 0.0697. The molecule has 2 rings (SSSR count). The van der Waals surface area contributed by atoms with Crippen LogP contribution in [0, 0.1) is 5.82 Å². The molecule has 0 unspecified atom stereocenters. The minimum Gasteiger partial charge on any atom is -0.478 e. The van der Waals surface area contributed by atoms with E-state index in [1.807, 2.05) is 0 Å². The van der Waals surface area contributed by atoms with Crippen LogP contribution in [0.4, 0.5) is 10.1 Å². The van der Waals surface area contributed by atoms with E-state index in [-0.39, 0.29) is 11.4 Å². The Morgan fingerprint density at radius 1 is 1.28 bits per heavy atom. The number of hydrogen-bond acceptors (Lipinski definition) is 3. The lowest BCUT2D eigenvalue weighted by atomic mass is 10.2. The van der Waals surface area contributed by atoms with E-state index in [0.717, 1.165) is 5.56 Å². The van der Waals surface area contributed by atoms with Crippen molar-refractivity contribution < 1.29 is 14.3 Å². The summed E-state index contributed by atoms with van der Waals surface area (Å²) in [5.74, 6) is -1.33. The van der Waals surface area contributed by atoms with E-state index in [1.54, 1.807) is 18.2 Å². The monoisotopic (exact) mass is 246 g/mol. The third-order valence-electron chi connectivity index (χ3n) is 2.45. The molecule has 0 aliphatic heterocycles. The van der Waals surface area contributed by atoms with Crippen molar-refractivity contribution in [1.29, 1.82) is 0 Å². The molecule has 0 amide bonds. The van der Waals surface area contributed by atoms with Crippen LogP contribution >= 0.6 is 0 Å². The molecule has 0 bridgehead atoms. The first-order chi connectivity index (χ1) is 8.66. The molecule has 4 nitrogen and oxygen atoms in total. The molecule has 0 saturated carbocycles. The zero-order valence-corrected chi connectivity index (χ0v) is 9.43. The van der Waals surface area contributed by atoms with Crippen LogP contribution in [0.3, 0.4) is 0 Å². The van der Waals surface area contributed by atoms with Crippen molar-refractivity contribution in [2.24, 2.45) is 0 Å². The second kappa shape index (κ2) is 5.27. The van der Waals surface area contributed by atoms with Gasteiger partial charge < -0.3 is 10.4 Å². The maximum atomic E-state index is 12.7. The van der Waals surface area contributed by atoms with Crippen LogP contribution in [-0.2, 0) is 6.54 Å². The van der Waals surface area contributed by atoms with Crippen LogP contribution in [0.1, 0.15) is 15.9 Å². The van der Waals surface area contributed by atoms with Gasteiger partial charge in [0, 0.05) is 18.9 Å². The highest BCUT2D eigenvalue weighted by Gasteiger charge is 2.09. The van der Waals surface area contributed by atoms with E-state index in [2.05, 4.69) is 10.3 Å². The molecule has 0 fully saturated rings. The molecule has 5 heteroatoms. The predicted molar refractivity (Wildman–Crippen MR) is 64.9 cm³/mol. The van der Waals surface area contributed by atoms with Gasteiger partial charge in [0.2, 0.25) is 0 Å². The number of aromatic carboxylic acids is 1. The van der Waals surface area contributed by atoms with Gasteiger partial charge in [-0.1, -0.05) is 12.1 Å². The third-order valence-corrected chi connectivity index (χ3v) is 2.45. The number of nitrogens with zero attached hydrogens (tertiary/aromatic N) is 1. The molecule has 18 heavy (non-hydrogen) atoms. The quantitative estimate of drug-likeness (QED) is 0.870. The van der Waals surface area contributed by atoms with Crippen LogP contribution < -0.4 is 5.32 Å². The van der Waals surface area contributed by atoms with Crippen LogP contribution in [0.25, 0.3) is 0 Å². The van der Waals surface area contributed by atoms with E-state index in [1.165, 1.54) is 24.5 Å². The fourth-order valence-electron chi connectivity index (χ4n) is 1.52. The molecular formula is C13H11FN2O2. The number of rotatable bonds is 4. The van der Waals surface area contributed by atoms with Crippen molar-refractivity contribution in [3.05, 3.63) is 59.7 Å². The number of nitrogens with one attached hydrogen (secondary N) is 1. The lowest BCUT2D eigenvalue weighted by Gasteiger charge is -2.08. The van der Waals surface area contributed by atoms with Crippen LogP contribution in [0.5, 0.6) is 0 Å². The van der Waals surface area contributed by atoms with Gasteiger partial charge in [-0.15, -0.1) is 0 Å². The molecule has 92 valence electrons. The van der Waals surface area contributed by atoms with Crippen molar-refractivity contribution in [1.82, 2.24) is 4.98 Å². The summed E-state index contributed by atoms with van der Waals surface area (Å²) in [6.45, 7) is 0.421. The number of anilines is 1. The van der Waals surface area contributed by atoms with Gasteiger partial charge in [0.05, 0.1) is 5.69 Å². The van der Waals surface area contributed by atoms with Gasteiger partial charge in [-0.2, -0.15) is 0 Å². The molecule has 1 aromatic carbocycles. The summed E-state index contributed by atoms with van der Waals surface area (Å²) in [4.78, 5) is 14.7. The largest absolute Gasteiger partial charge is 0.478 e. The smallest absolute Gasteiger partial charge is 0.339 e. The Morgan fingerprint density at radius 3 is 2.67 bits per heavy atom. The summed E-state index contributed by atoms with van der Waals surface area (Å²) in [6.07, 6.45) is 2.80. The molecule has 0 spiro atoms. The number of carbonyl (C=O) groups is 1. The second-order valence-corrected chi connectivity index (χ2v) is 3.71. The van der Waals surface area contributed by atoms with Gasteiger partial charge in [-0.05, 0) is 23.8 Å². The third kappa shape index (κ3) is 2.82. The molecule has 1 heterocycles. The van der Waals surface area contributed by atoms with Crippen molar-refractivity contribution in [3.8, 4) is 0 Å². The summed E-state index contributed by atoms with van der Waals surface area (Å²) in [6, 6.07) is 7.60. The standard InChI is InChI=1S/C13H11FN2O2/c14-10-3-1-9(2-4-10)7-16-12-5-6-15-8-11(12)13(17)18/h1-6,8H,7H2,(H,15,16)(H,17,18). The second-order valence-electron chi connectivity index (χ2n) is 3.71. The Hall–Kier alpha value is -2.43. The van der Waals surface area contributed by atoms with Gasteiger partial charge in [0.1, 0.15) is 11.4 Å². The maximum absolute atomic E-state index is 12.7. The summed E-state index contributed by atoms with van der Waals surface area (Å²) in [7, 11) is 0. The van der Waals surface area contributed by atoms with E-state index in [0.29, 0.717) is 12.2 Å². The zero-order chi connectivity index (χ0) is 13.0. The van der Waals surface area contributed by atoms with Crippen molar-refractivity contribution >= 4 is 11.7 Å². The Labute approximate surface area is 103 Å². The predicted octanol–water partition coefficient (Wildman–Crippen LogP) is 2.53. The molecule has 0 aliphatic rings. The molecular weight excluding hydrogens is 235 g/mol. The maximum Gasteiger partial charge on any atom is 0.339 e. The molecule has 0 saturated heterocycles. The van der Waals surface area contributed by atoms with Crippen molar-refractivity contribution in [3.63, 3.8) is 0 Å². The number of pyridine rings is 1. The minimum absolute atomic E-state index is 0.111. The average Bonchev–Trinajstić information content (AvgIpc) is 2.38. The molecule has 2 aromatic rings. The number of hydrogen-bond donors (Lipinski definition) is 2. The zero-order valence-electron chi connectivity index (χ0n) is 9.43.